The molecule has 0 aromatic heterocycles. The molecule has 8 heteroatoms. The molecule has 0 aliphatic heterocycles. The van der Waals surface area contributed by atoms with Crippen molar-refractivity contribution in [3.05, 3.63) is 69.7 Å². The highest BCUT2D eigenvalue weighted by atomic mass is 35.5. The Kier molecular flexibility index (Phi) is 6.17. The molecule has 0 unspecified atom stereocenters. The summed E-state index contributed by atoms with van der Waals surface area (Å²) < 4.78 is 4.82. The molecule has 0 saturated heterocycles. The van der Waals surface area contributed by atoms with Gasteiger partial charge in [0.1, 0.15) is 0 Å². The Morgan fingerprint density at radius 3 is 2.33 bits per heavy atom. The van der Waals surface area contributed by atoms with Gasteiger partial charge in [-0.25, -0.2) is 4.79 Å². The number of amides is 2. The second-order valence-electron chi connectivity index (χ2n) is 4.57. The Bertz CT molecular complexity index is 766. The molecular weight excluding hydrogens is 355 g/mol. The van der Waals surface area contributed by atoms with Crippen LogP contribution in [0.15, 0.2) is 48.5 Å². The Labute approximate surface area is 147 Å². The largest absolute Gasteiger partial charge is 0.452 e. The van der Waals surface area contributed by atoms with Crippen LogP contribution in [0, 0.1) is 0 Å². The lowest BCUT2D eigenvalue weighted by Crippen LogP contribution is -2.43. The van der Waals surface area contributed by atoms with Gasteiger partial charge in [0.2, 0.25) is 0 Å². The third kappa shape index (κ3) is 4.97. The summed E-state index contributed by atoms with van der Waals surface area (Å²) in [5, 5.41) is 0.489. The first-order valence-corrected chi connectivity index (χ1v) is 7.49. The van der Waals surface area contributed by atoms with E-state index in [4.69, 9.17) is 27.9 Å². The second-order valence-corrected chi connectivity index (χ2v) is 5.41. The quantitative estimate of drug-likeness (QED) is 0.643. The molecule has 0 aliphatic rings. The first-order chi connectivity index (χ1) is 11.5. The van der Waals surface area contributed by atoms with Crippen LogP contribution in [0.25, 0.3) is 0 Å². The van der Waals surface area contributed by atoms with E-state index < -0.39 is 24.4 Å². The second kappa shape index (κ2) is 8.33. The number of halogens is 2. The Hall–Kier alpha value is -2.57. The highest BCUT2D eigenvalue weighted by molar-refractivity contribution is 6.36. The van der Waals surface area contributed by atoms with E-state index in [1.165, 1.54) is 18.2 Å². The fourth-order valence-corrected chi connectivity index (χ4v) is 2.17. The fourth-order valence-electron chi connectivity index (χ4n) is 1.69. The maximum Gasteiger partial charge on any atom is 0.340 e. The van der Waals surface area contributed by atoms with Crippen LogP contribution in [0.3, 0.4) is 0 Å². The van der Waals surface area contributed by atoms with Gasteiger partial charge < -0.3 is 4.74 Å². The maximum atomic E-state index is 11.8. The number of hydrazine groups is 1. The van der Waals surface area contributed by atoms with E-state index in [1.807, 2.05) is 0 Å². The van der Waals surface area contributed by atoms with Gasteiger partial charge in [-0.05, 0) is 30.3 Å². The van der Waals surface area contributed by atoms with E-state index in [1.54, 1.807) is 30.3 Å². The van der Waals surface area contributed by atoms with E-state index in [-0.39, 0.29) is 10.6 Å². The van der Waals surface area contributed by atoms with Gasteiger partial charge in [-0.2, -0.15) is 0 Å². The van der Waals surface area contributed by atoms with Crippen molar-refractivity contribution in [1.82, 2.24) is 10.9 Å². The molecule has 0 heterocycles. The van der Waals surface area contributed by atoms with Gasteiger partial charge in [0, 0.05) is 10.6 Å². The monoisotopic (exact) mass is 366 g/mol. The van der Waals surface area contributed by atoms with E-state index in [2.05, 4.69) is 10.9 Å². The van der Waals surface area contributed by atoms with Gasteiger partial charge >= 0.3 is 5.97 Å². The van der Waals surface area contributed by atoms with Crippen LogP contribution in [-0.4, -0.2) is 24.4 Å². The zero-order valence-electron chi connectivity index (χ0n) is 12.2. The fraction of sp³-hybridized carbons (Fsp3) is 0.0625. The van der Waals surface area contributed by atoms with Crippen LogP contribution in [-0.2, 0) is 9.53 Å². The lowest BCUT2D eigenvalue weighted by atomic mass is 10.2. The minimum Gasteiger partial charge on any atom is -0.452 e. The smallest absolute Gasteiger partial charge is 0.340 e. The van der Waals surface area contributed by atoms with Crippen LogP contribution < -0.4 is 10.9 Å². The van der Waals surface area contributed by atoms with Gasteiger partial charge in [0.05, 0.1) is 10.6 Å². The number of rotatable bonds is 4. The summed E-state index contributed by atoms with van der Waals surface area (Å²) in [5.41, 5.74) is 4.81. The lowest BCUT2D eigenvalue weighted by Gasteiger charge is -2.09. The number of hydrogen-bond acceptors (Lipinski definition) is 4. The molecule has 2 amide bonds. The number of benzene rings is 2. The Morgan fingerprint density at radius 2 is 1.67 bits per heavy atom. The minimum absolute atomic E-state index is 0.0854. The zero-order chi connectivity index (χ0) is 17.5. The molecule has 24 heavy (non-hydrogen) atoms. The molecular formula is C16H12Cl2N2O4. The van der Waals surface area contributed by atoms with Crippen molar-refractivity contribution in [3.63, 3.8) is 0 Å². The predicted octanol–water partition coefficient (Wildman–Crippen LogP) is 2.61. The molecule has 6 nitrogen and oxygen atoms in total. The standard InChI is InChI=1S/C16H12Cl2N2O4/c17-11-6-7-12(13(18)8-11)16(23)24-9-14(21)19-20-15(22)10-4-2-1-3-5-10/h1-8H,9H2,(H,19,21)(H,20,22). The average molecular weight is 367 g/mol. The number of carbonyl (C=O) groups excluding carboxylic acids is 3. The van der Waals surface area contributed by atoms with E-state index >= 15 is 0 Å². The summed E-state index contributed by atoms with van der Waals surface area (Å²) >= 11 is 11.6. The first kappa shape index (κ1) is 17.8. The molecule has 2 aromatic rings. The number of esters is 1. The summed E-state index contributed by atoms with van der Waals surface area (Å²) in [6, 6.07) is 12.6. The number of hydrogen-bond donors (Lipinski definition) is 2. The van der Waals surface area contributed by atoms with Crippen molar-refractivity contribution in [2.24, 2.45) is 0 Å². The highest BCUT2D eigenvalue weighted by Gasteiger charge is 2.14. The first-order valence-electron chi connectivity index (χ1n) is 6.74. The summed E-state index contributed by atoms with van der Waals surface area (Å²) in [5.74, 6) is -1.96. The maximum absolute atomic E-state index is 11.8. The third-order valence-corrected chi connectivity index (χ3v) is 3.38. The molecule has 0 bridgehead atoms. The Morgan fingerprint density at radius 1 is 0.958 bits per heavy atom. The molecule has 2 aromatic carbocycles. The average Bonchev–Trinajstić information content (AvgIpc) is 2.58. The number of ether oxygens (including phenoxy) is 1. The van der Waals surface area contributed by atoms with Gasteiger partial charge in [-0.3, -0.25) is 20.4 Å². The number of carbonyl (C=O) groups is 3. The summed E-state index contributed by atoms with van der Waals surface area (Å²) in [4.78, 5) is 35.1. The van der Waals surface area contributed by atoms with Gasteiger partial charge in [0.15, 0.2) is 6.61 Å². The minimum atomic E-state index is -0.777. The number of nitrogens with one attached hydrogen (secondary N) is 2. The summed E-state index contributed by atoms with van der Waals surface area (Å²) in [7, 11) is 0. The van der Waals surface area contributed by atoms with Gasteiger partial charge in [-0.1, -0.05) is 41.4 Å². The van der Waals surface area contributed by atoms with Crippen LogP contribution in [0.2, 0.25) is 10.0 Å². The molecule has 0 atom stereocenters. The van der Waals surface area contributed by atoms with Crippen molar-refractivity contribution in [2.45, 2.75) is 0 Å². The van der Waals surface area contributed by atoms with Crippen LogP contribution in [0.4, 0.5) is 0 Å². The molecule has 0 fully saturated rings. The molecule has 2 rings (SSSR count). The van der Waals surface area contributed by atoms with E-state index in [9.17, 15) is 14.4 Å². The highest BCUT2D eigenvalue weighted by Crippen LogP contribution is 2.21. The molecule has 0 spiro atoms. The van der Waals surface area contributed by atoms with Crippen molar-refractivity contribution in [2.75, 3.05) is 6.61 Å². The lowest BCUT2D eigenvalue weighted by molar-refractivity contribution is -0.125. The SMILES string of the molecule is O=C(COC(=O)c1ccc(Cl)cc1Cl)NNC(=O)c1ccccc1. The van der Waals surface area contributed by atoms with E-state index in [0.29, 0.717) is 10.6 Å². The molecule has 2 N–H and O–H groups in total. The predicted molar refractivity (Wildman–Crippen MR) is 88.8 cm³/mol. The van der Waals surface area contributed by atoms with Crippen LogP contribution >= 0.6 is 23.2 Å². The summed E-state index contributed by atoms with van der Waals surface area (Å²) in [6.45, 7) is -0.577. The molecule has 0 radical (unpaired) electrons. The summed E-state index contributed by atoms with van der Waals surface area (Å²) in [6.07, 6.45) is 0. The zero-order valence-corrected chi connectivity index (χ0v) is 13.7. The van der Waals surface area contributed by atoms with E-state index in [0.717, 1.165) is 0 Å². The third-order valence-electron chi connectivity index (χ3n) is 2.84. The van der Waals surface area contributed by atoms with Gasteiger partial charge in [0.25, 0.3) is 11.8 Å². The van der Waals surface area contributed by atoms with Crippen molar-refractivity contribution in [1.29, 1.82) is 0 Å². The molecule has 0 saturated carbocycles. The van der Waals surface area contributed by atoms with Crippen LogP contribution in [0.5, 0.6) is 0 Å². The van der Waals surface area contributed by atoms with Crippen LogP contribution in [0.1, 0.15) is 20.7 Å². The molecule has 124 valence electrons. The van der Waals surface area contributed by atoms with Crippen molar-refractivity contribution in [3.8, 4) is 0 Å². The normalized spacial score (nSPS) is 9.92. The van der Waals surface area contributed by atoms with Crippen molar-refractivity contribution < 1.29 is 19.1 Å². The molecule has 0 aliphatic carbocycles. The van der Waals surface area contributed by atoms with Crippen molar-refractivity contribution >= 4 is 41.0 Å². The Balaban J connectivity index is 1.80. The van der Waals surface area contributed by atoms with Gasteiger partial charge in [-0.15, -0.1) is 0 Å². The topological polar surface area (TPSA) is 84.5 Å².